The number of likely N-dealkylation sites (tertiary alicyclic amines) is 1. The molecule has 1 amide bonds. The number of nitrogens with zero attached hydrogens (tertiary/aromatic N) is 4. The zero-order valence-electron chi connectivity index (χ0n) is 16.6. The number of hydrogen-bond acceptors (Lipinski definition) is 5. The fourth-order valence-corrected chi connectivity index (χ4v) is 4.44. The Bertz CT molecular complexity index is 766. The number of benzene rings is 1. The summed E-state index contributed by atoms with van der Waals surface area (Å²) in [5.41, 5.74) is 0.744. The van der Waals surface area contributed by atoms with Crippen molar-refractivity contribution in [1.82, 2.24) is 20.2 Å². The van der Waals surface area contributed by atoms with Gasteiger partial charge in [-0.1, -0.05) is 30.3 Å². The molecular formula is C22H29N5O. The van der Waals surface area contributed by atoms with Crippen LogP contribution in [0.15, 0.2) is 48.9 Å². The lowest BCUT2D eigenvalue weighted by atomic mass is 9.72. The quantitative estimate of drug-likeness (QED) is 0.883. The Labute approximate surface area is 167 Å². The average molecular weight is 380 g/mol. The standard InChI is InChI=1S/C22H29N5O/c1-26-15-9-22(10-16-26,18-5-3-2-4-6-18)21(28)25-19-7-13-27(14-8-19)20-17-23-11-12-24-20/h2-6,11-12,17,19H,7-10,13-16H2,1H3,(H,25,28). The van der Waals surface area contributed by atoms with E-state index in [4.69, 9.17) is 0 Å². The van der Waals surface area contributed by atoms with Crippen molar-refractivity contribution < 1.29 is 4.79 Å². The zero-order chi connectivity index (χ0) is 19.4. The molecule has 6 nitrogen and oxygen atoms in total. The normalized spacial score (nSPS) is 20.7. The predicted octanol–water partition coefficient (Wildman–Crippen LogP) is 2.23. The van der Waals surface area contributed by atoms with E-state index >= 15 is 0 Å². The van der Waals surface area contributed by atoms with Crippen molar-refractivity contribution in [3.63, 3.8) is 0 Å². The Morgan fingerprint density at radius 1 is 1.07 bits per heavy atom. The van der Waals surface area contributed by atoms with Crippen molar-refractivity contribution in [2.45, 2.75) is 37.1 Å². The number of rotatable bonds is 4. The van der Waals surface area contributed by atoms with E-state index < -0.39 is 5.41 Å². The van der Waals surface area contributed by atoms with Crippen LogP contribution < -0.4 is 10.2 Å². The predicted molar refractivity (Wildman–Crippen MR) is 110 cm³/mol. The molecule has 3 heterocycles. The molecule has 0 radical (unpaired) electrons. The number of amides is 1. The Morgan fingerprint density at radius 2 is 1.79 bits per heavy atom. The van der Waals surface area contributed by atoms with Gasteiger partial charge in [-0.3, -0.25) is 9.78 Å². The number of anilines is 1. The third-order valence-corrected chi connectivity index (χ3v) is 6.31. The second-order valence-electron chi connectivity index (χ2n) is 8.05. The molecule has 2 aromatic rings. The molecule has 0 spiro atoms. The molecule has 1 N–H and O–H groups in total. The first kappa shape index (κ1) is 18.9. The van der Waals surface area contributed by atoms with E-state index in [9.17, 15) is 4.79 Å². The summed E-state index contributed by atoms with van der Waals surface area (Å²) in [6.45, 7) is 3.69. The van der Waals surface area contributed by atoms with Crippen molar-refractivity contribution in [3.8, 4) is 0 Å². The summed E-state index contributed by atoms with van der Waals surface area (Å²) in [6, 6.07) is 10.6. The molecule has 2 aliphatic heterocycles. The maximum absolute atomic E-state index is 13.5. The average Bonchev–Trinajstić information content (AvgIpc) is 2.76. The molecule has 0 saturated carbocycles. The van der Waals surface area contributed by atoms with Crippen LogP contribution in [0.5, 0.6) is 0 Å². The maximum Gasteiger partial charge on any atom is 0.230 e. The third kappa shape index (κ3) is 3.87. The van der Waals surface area contributed by atoms with Crippen molar-refractivity contribution in [3.05, 3.63) is 54.5 Å². The first-order valence-electron chi connectivity index (χ1n) is 10.2. The number of carbonyl (C=O) groups is 1. The molecule has 1 aromatic carbocycles. The van der Waals surface area contributed by atoms with Gasteiger partial charge in [0.25, 0.3) is 0 Å². The topological polar surface area (TPSA) is 61.4 Å². The first-order chi connectivity index (χ1) is 13.7. The Morgan fingerprint density at radius 3 is 2.43 bits per heavy atom. The SMILES string of the molecule is CN1CCC(C(=O)NC2CCN(c3cnccn3)CC2)(c2ccccc2)CC1. The molecule has 2 fully saturated rings. The minimum Gasteiger partial charge on any atom is -0.355 e. The van der Waals surface area contributed by atoms with E-state index in [2.05, 4.69) is 44.3 Å². The van der Waals surface area contributed by atoms with E-state index in [1.165, 1.54) is 0 Å². The van der Waals surface area contributed by atoms with Gasteiger partial charge in [0, 0.05) is 31.5 Å². The van der Waals surface area contributed by atoms with Gasteiger partial charge >= 0.3 is 0 Å². The summed E-state index contributed by atoms with van der Waals surface area (Å²) in [5, 5.41) is 3.39. The van der Waals surface area contributed by atoms with Gasteiger partial charge in [-0.05, 0) is 51.4 Å². The number of piperidine rings is 2. The van der Waals surface area contributed by atoms with Crippen molar-refractivity contribution >= 4 is 11.7 Å². The van der Waals surface area contributed by atoms with Gasteiger partial charge in [0.15, 0.2) is 0 Å². The van der Waals surface area contributed by atoms with E-state index in [1.807, 2.05) is 24.4 Å². The summed E-state index contributed by atoms with van der Waals surface area (Å²) >= 11 is 0. The largest absolute Gasteiger partial charge is 0.355 e. The summed E-state index contributed by atoms with van der Waals surface area (Å²) in [5.74, 6) is 1.12. The molecular weight excluding hydrogens is 350 g/mol. The molecule has 1 aromatic heterocycles. The maximum atomic E-state index is 13.5. The van der Waals surface area contributed by atoms with Crippen LogP contribution in [0.2, 0.25) is 0 Å². The van der Waals surface area contributed by atoms with E-state index in [0.29, 0.717) is 0 Å². The molecule has 2 saturated heterocycles. The second kappa shape index (κ2) is 8.27. The highest BCUT2D eigenvalue weighted by Gasteiger charge is 2.43. The Hall–Kier alpha value is -2.47. The number of hydrogen-bond donors (Lipinski definition) is 1. The Kier molecular flexibility index (Phi) is 5.57. The highest BCUT2D eigenvalue weighted by atomic mass is 16.2. The van der Waals surface area contributed by atoms with Crippen molar-refractivity contribution in [2.24, 2.45) is 0 Å². The monoisotopic (exact) mass is 379 g/mol. The van der Waals surface area contributed by atoms with Gasteiger partial charge in [-0.15, -0.1) is 0 Å². The smallest absolute Gasteiger partial charge is 0.230 e. The molecule has 2 aliphatic rings. The lowest BCUT2D eigenvalue weighted by Crippen LogP contribution is -2.55. The van der Waals surface area contributed by atoms with Crippen LogP contribution in [0.1, 0.15) is 31.2 Å². The van der Waals surface area contributed by atoms with Gasteiger partial charge in [-0.25, -0.2) is 4.98 Å². The van der Waals surface area contributed by atoms with Crippen LogP contribution >= 0.6 is 0 Å². The van der Waals surface area contributed by atoms with Gasteiger partial charge < -0.3 is 15.1 Å². The number of aromatic nitrogens is 2. The summed E-state index contributed by atoms with van der Waals surface area (Å²) in [4.78, 5) is 26.6. The molecule has 28 heavy (non-hydrogen) atoms. The van der Waals surface area contributed by atoms with Gasteiger partial charge in [0.1, 0.15) is 5.82 Å². The van der Waals surface area contributed by atoms with Crippen LogP contribution in [0.25, 0.3) is 0 Å². The van der Waals surface area contributed by atoms with Crippen molar-refractivity contribution in [2.75, 3.05) is 38.1 Å². The highest BCUT2D eigenvalue weighted by molar-refractivity contribution is 5.88. The number of nitrogens with one attached hydrogen (secondary N) is 1. The minimum atomic E-state index is -0.407. The molecule has 0 unspecified atom stereocenters. The number of carbonyl (C=O) groups excluding carboxylic acids is 1. The Balaban J connectivity index is 1.43. The van der Waals surface area contributed by atoms with Gasteiger partial charge in [-0.2, -0.15) is 0 Å². The van der Waals surface area contributed by atoms with Crippen LogP contribution in [0, 0.1) is 0 Å². The van der Waals surface area contributed by atoms with Gasteiger partial charge in [0.05, 0.1) is 11.6 Å². The molecule has 0 aliphatic carbocycles. The van der Waals surface area contributed by atoms with E-state index in [-0.39, 0.29) is 11.9 Å². The van der Waals surface area contributed by atoms with E-state index in [0.717, 1.165) is 63.2 Å². The summed E-state index contributed by atoms with van der Waals surface area (Å²) in [6.07, 6.45) is 8.85. The molecule has 6 heteroatoms. The molecule has 148 valence electrons. The fourth-order valence-electron chi connectivity index (χ4n) is 4.44. The van der Waals surface area contributed by atoms with Gasteiger partial charge in [0.2, 0.25) is 5.91 Å². The fraction of sp³-hybridized carbons (Fsp3) is 0.500. The second-order valence-corrected chi connectivity index (χ2v) is 8.05. The minimum absolute atomic E-state index is 0.199. The summed E-state index contributed by atoms with van der Waals surface area (Å²) in [7, 11) is 2.13. The lowest BCUT2D eigenvalue weighted by molar-refractivity contribution is -0.129. The third-order valence-electron chi connectivity index (χ3n) is 6.31. The molecule has 0 atom stereocenters. The van der Waals surface area contributed by atoms with Crippen LogP contribution in [0.4, 0.5) is 5.82 Å². The van der Waals surface area contributed by atoms with Crippen LogP contribution in [-0.2, 0) is 10.2 Å². The lowest BCUT2D eigenvalue weighted by Gasteiger charge is -2.41. The van der Waals surface area contributed by atoms with E-state index in [1.54, 1.807) is 12.4 Å². The first-order valence-corrected chi connectivity index (χ1v) is 10.2. The van der Waals surface area contributed by atoms with Crippen LogP contribution in [-0.4, -0.2) is 60.0 Å². The zero-order valence-corrected chi connectivity index (χ0v) is 16.6. The molecule has 4 rings (SSSR count). The van der Waals surface area contributed by atoms with Crippen molar-refractivity contribution in [1.29, 1.82) is 0 Å². The summed E-state index contributed by atoms with van der Waals surface area (Å²) < 4.78 is 0. The highest BCUT2D eigenvalue weighted by Crippen LogP contribution is 2.36. The van der Waals surface area contributed by atoms with Crippen LogP contribution in [0.3, 0.4) is 0 Å². The molecule has 0 bridgehead atoms.